The first-order chi connectivity index (χ1) is 7.74. The Bertz CT molecular complexity index is 433. The van der Waals surface area contributed by atoms with Gasteiger partial charge in [-0.1, -0.05) is 23.0 Å². The molecule has 1 atom stereocenters. The maximum atomic E-state index is 6.13. The van der Waals surface area contributed by atoms with Crippen LogP contribution in [0.1, 0.15) is 23.5 Å². The first-order valence-electron chi connectivity index (χ1n) is 4.92. The van der Waals surface area contributed by atoms with Crippen LogP contribution in [0.15, 0.2) is 12.4 Å². The molecular formula is C9H12ClN5S. The Morgan fingerprint density at radius 3 is 2.88 bits per heavy atom. The van der Waals surface area contributed by atoms with Crippen molar-refractivity contribution in [1.29, 1.82) is 0 Å². The van der Waals surface area contributed by atoms with Crippen molar-refractivity contribution in [2.45, 2.75) is 13.0 Å². The number of hydrogen-bond acceptors (Lipinski definition) is 5. The molecule has 1 unspecified atom stereocenters. The van der Waals surface area contributed by atoms with Crippen LogP contribution in [-0.4, -0.2) is 25.9 Å². The maximum absolute atomic E-state index is 6.13. The van der Waals surface area contributed by atoms with E-state index in [0.717, 1.165) is 17.1 Å². The third kappa shape index (κ3) is 2.09. The van der Waals surface area contributed by atoms with E-state index in [1.807, 2.05) is 14.0 Å². The lowest BCUT2D eigenvalue weighted by Crippen LogP contribution is -2.23. The lowest BCUT2D eigenvalue weighted by atomic mass is 10.2. The predicted octanol–water partition coefficient (Wildman–Crippen LogP) is 1.62. The number of rotatable bonds is 4. The Balaban J connectivity index is 2.40. The molecule has 0 aliphatic carbocycles. The lowest BCUT2D eigenvalue weighted by molar-refractivity contribution is 0.579. The van der Waals surface area contributed by atoms with Crippen LogP contribution in [0.2, 0.25) is 5.02 Å². The minimum Gasteiger partial charge on any atom is -0.304 e. The number of aryl methyl sites for hydroxylation is 1. The third-order valence-corrected chi connectivity index (χ3v) is 3.30. The molecular weight excluding hydrogens is 246 g/mol. The number of nitrogens with one attached hydrogen (secondary N) is 1. The average Bonchev–Trinajstić information content (AvgIpc) is 2.87. The molecule has 0 fully saturated rings. The zero-order chi connectivity index (χ0) is 11.5. The van der Waals surface area contributed by atoms with Gasteiger partial charge in [0.1, 0.15) is 0 Å². The molecule has 0 amide bonds. The van der Waals surface area contributed by atoms with Gasteiger partial charge in [-0.3, -0.25) is 4.68 Å². The molecule has 0 aliphatic rings. The monoisotopic (exact) mass is 257 g/mol. The van der Waals surface area contributed by atoms with Crippen LogP contribution >= 0.6 is 23.1 Å². The topological polar surface area (TPSA) is 55.6 Å². The number of aromatic nitrogens is 4. The molecule has 0 saturated carbocycles. The van der Waals surface area contributed by atoms with Gasteiger partial charge in [0, 0.05) is 7.05 Å². The van der Waals surface area contributed by atoms with E-state index in [0.29, 0.717) is 5.02 Å². The smallest absolute Gasteiger partial charge is 0.0889 e. The average molecular weight is 258 g/mol. The van der Waals surface area contributed by atoms with Gasteiger partial charge in [-0.25, -0.2) is 0 Å². The van der Waals surface area contributed by atoms with Crippen LogP contribution in [0.3, 0.4) is 0 Å². The van der Waals surface area contributed by atoms with Gasteiger partial charge in [0.2, 0.25) is 0 Å². The highest BCUT2D eigenvalue weighted by molar-refractivity contribution is 7.05. The Labute approximate surface area is 103 Å². The molecule has 2 aromatic heterocycles. The van der Waals surface area contributed by atoms with E-state index >= 15 is 0 Å². The first-order valence-corrected chi connectivity index (χ1v) is 6.07. The summed E-state index contributed by atoms with van der Waals surface area (Å²) in [7, 11) is 1.88. The fraction of sp³-hybridized carbons (Fsp3) is 0.444. The summed E-state index contributed by atoms with van der Waals surface area (Å²) in [4.78, 5) is 1.03. The molecule has 2 rings (SSSR count). The van der Waals surface area contributed by atoms with Crippen LogP contribution in [0, 0.1) is 0 Å². The second-order valence-electron chi connectivity index (χ2n) is 3.31. The minimum absolute atomic E-state index is 0.00463. The first kappa shape index (κ1) is 11.5. The fourth-order valence-corrected chi connectivity index (χ4v) is 2.44. The Kier molecular flexibility index (Phi) is 3.52. The molecule has 1 N–H and O–H groups in total. The molecule has 0 saturated heterocycles. The van der Waals surface area contributed by atoms with Crippen LogP contribution < -0.4 is 5.32 Å². The van der Waals surface area contributed by atoms with Crippen molar-refractivity contribution in [2.75, 3.05) is 6.54 Å². The SMILES string of the molecule is CCNC(c1cnns1)c1c(Cl)cnn1C. The molecule has 7 heteroatoms. The molecule has 5 nitrogen and oxygen atoms in total. The van der Waals surface area contributed by atoms with Crippen molar-refractivity contribution < 1.29 is 0 Å². The normalized spacial score (nSPS) is 12.9. The van der Waals surface area contributed by atoms with Gasteiger partial charge in [-0.05, 0) is 18.1 Å². The van der Waals surface area contributed by atoms with E-state index in [4.69, 9.17) is 11.6 Å². The van der Waals surface area contributed by atoms with Gasteiger partial charge in [0.15, 0.2) is 0 Å². The quantitative estimate of drug-likeness (QED) is 0.905. The molecule has 0 bridgehead atoms. The highest BCUT2D eigenvalue weighted by Gasteiger charge is 2.21. The van der Waals surface area contributed by atoms with Crippen LogP contribution in [-0.2, 0) is 7.05 Å². The van der Waals surface area contributed by atoms with Crippen LogP contribution in [0.5, 0.6) is 0 Å². The molecule has 0 radical (unpaired) electrons. The largest absolute Gasteiger partial charge is 0.304 e. The second kappa shape index (κ2) is 4.90. The molecule has 16 heavy (non-hydrogen) atoms. The summed E-state index contributed by atoms with van der Waals surface area (Å²) in [5, 5.41) is 12.0. The van der Waals surface area contributed by atoms with E-state index in [2.05, 4.69) is 20.0 Å². The Morgan fingerprint density at radius 1 is 1.56 bits per heavy atom. The summed E-state index contributed by atoms with van der Waals surface area (Å²) < 4.78 is 5.65. The summed E-state index contributed by atoms with van der Waals surface area (Å²) in [6.45, 7) is 2.88. The summed E-state index contributed by atoms with van der Waals surface area (Å²) in [6.07, 6.45) is 3.40. The van der Waals surface area contributed by atoms with Crippen molar-refractivity contribution in [3.8, 4) is 0 Å². The summed E-state index contributed by atoms with van der Waals surface area (Å²) in [6, 6.07) is 0.00463. The summed E-state index contributed by atoms with van der Waals surface area (Å²) in [5.74, 6) is 0. The lowest BCUT2D eigenvalue weighted by Gasteiger charge is -2.16. The molecule has 86 valence electrons. The van der Waals surface area contributed by atoms with Crippen molar-refractivity contribution in [3.05, 3.63) is 28.0 Å². The predicted molar refractivity (Wildman–Crippen MR) is 63.6 cm³/mol. The number of nitrogens with zero attached hydrogens (tertiary/aromatic N) is 4. The van der Waals surface area contributed by atoms with Crippen LogP contribution in [0.25, 0.3) is 0 Å². The van der Waals surface area contributed by atoms with Gasteiger partial charge < -0.3 is 5.32 Å². The fourth-order valence-electron chi connectivity index (χ4n) is 1.58. The second-order valence-corrected chi connectivity index (χ2v) is 4.54. The minimum atomic E-state index is 0.00463. The molecule has 0 spiro atoms. The van der Waals surface area contributed by atoms with E-state index in [9.17, 15) is 0 Å². The zero-order valence-electron chi connectivity index (χ0n) is 9.01. The van der Waals surface area contributed by atoms with E-state index in [1.54, 1.807) is 17.1 Å². The van der Waals surface area contributed by atoms with Crippen LogP contribution in [0.4, 0.5) is 0 Å². The summed E-state index contributed by atoms with van der Waals surface area (Å²) >= 11 is 7.50. The zero-order valence-corrected chi connectivity index (χ0v) is 10.6. The van der Waals surface area contributed by atoms with Crippen molar-refractivity contribution in [2.24, 2.45) is 7.05 Å². The third-order valence-electron chi connectivity index (χ3n) is 2.28. The van der Waals surface area contributed by atoms with Gasteiger partial charge in [0.25, 0.3) is 0 Å². The van der Waals surface area contributed by atoms with E-state index < -0.39 is 0 Å². The van der Waals surface area contributed by atoms with Gasteiger partial charge in [-0.2, -0.15) is 5.10 Å². The number of hydrogen-bond donors (Lipinski definition) is 1. The maximum Gasteiger partial charge on any atom is 0.0889 e. The van der Waals surface area contributed by atoms with Gasteiger partial charge in [0.05, 0.1) is 34.0 Å². The Morgan fingerprint density at radius 2 is 2.38 bits per heavy atom. The van der Waals surface area contributed by atoms with Crippen molar-refractivity contribution in [1.82, 2.24) is 24.7 Å². The molecule has 0 aliphatic heterocycles. The van der Waals surface area contributed by atoms with Gasteiger partial charge in [-0.15, -0.1) is 5.10 Å². The Hall–Kier alpha value is -0.980. The standard InChI is InChI=1S/C9H12ClN5S/c1-3-11-8(7-5-12-14-16-7)9-6(10)4-13-15(9)2/h4-5,8,11H,3H2,1-2H3. The van der Waals surface area contributed by atoms with E-state index in [1.165, 1.54) is 11.5 Å². The number of halogens is 1. The van der Waals surface area contributed by atoms with Crippen molar-refractivity contribution >= 4 is 23.1 Å². The van der Waals surface area contributed by atoms with E-state index in [-0.39, 0.29) is 6.04 Å². The van der Waals surface area contributed by atoms with Gasteiger partial charge >= 0.3 is 0 Å². The summed E-state index contributed by atoms with van der Waals surface area (Å²) in [5.41, 5.74) is 0.939. The highest BCUT2D eigenvalue weighted by Crippen LogP contribution is 2.28. The molecule has 2 aromatic rings. The highest BCUT2D eigenvalue weighted by atomic mass is 35.5. The molecule has 2 heterocycles. The molecule has 0 aromatic carbocycles. The van der Waals surface area contributed by atoms with Crippen molar-refractivity contribution in [3.63, 3.8) is 0 Å².